The molecule has 0 spiro atoms. The number of hydrogen-bond acceptors (Lipinski definition) is 10. The number of anilines is 2. The molecular weight excluding hydrogens is 504 g/mol. The quantitative estimate of drug-likeness (QED) is 0.161. The number of nitrogens with zero attached hydrogens (tertiary/aromatic N) is 6. The van der Waals surface area contributed by atoms with E-state index in [-0.39, 0.29) is 0 Å². The molecule has 0 saturated heterocycles. The minimum absolute atomic E-state index is 0.371. The second-order valence-corrected chi connectivity index (χ2v) is 8.59. The van der Waals surface area contributed by atoms with E-state index in [1.807, 2.05) is 37.3 Å². The van der Waals surface area contributed by atoms with Gasteiger partial charge in [-0.2, -0.15) is 15.5 Å². The normalized spacial score (nSPS) is 11.2. The third-order valence-corrected chi connectivity index (χ3v) is 5.69. The second kappa shape index (κ2) is 15.4. The molecule has 0 fully saturated rings. The molecule has 2 N–H and O–H groups in total. The maximum atomic E-state index is 9.85. The van der Waals surface area contributed by atoms with E-state index in [4.69, 9.17) is 21.1 Å². The summed E-state index contributed by atoms with van der Waals surface area (Å²) in [4.78, 5) is 4.66. The molecule has 0 atom stereocenters. The number of rotatable bonds is 14. The van der Waals surface area contributed by atoms with E-state index < -0.39 is 0 Å². The summed E-state index contributed by atoms with van der Waals surface area (Å²) < 4.78 is 10.2. The Labute approximate surface area is 227 Å². The highest BCUT2D eigenvalue weighted by atomic mass is 35.5. The standard InChI is InChI=1S/C27H31ClN8O2/c1-19-22(18-29)26(30-13-7-15-37-2)32-27(31-14-8-16-38-3)25(19)36-35-24-12-11-21(17-23(24)28)34-33-20-9-5-4-6-10-20/h4-6,9-12,17H,7-8,13-16H2,1-3H3,(H2,30,31,32). The van der Waals surface area contributed by atoms with E-state index in [0.29, 0.717) is 71.2 Å². The zero-order valence-corrected chi connectivity index (χ0v) is 22.5. The Kier molecular flexibility index (Phi) is 11.6. The summed E-state index contributed by atoms with van der Waals surface area (Å²) in [5, 5.41) is 34.0. The molecule has 0 unspecified atom stereocenters. The SMILES string of the molecule is COCCCNc1nc(NCCCOC)c(N=Nc2ccc(N=Nc3ccccc3)cc2Cl)c(C)c1C#N. The van der Waals surface area contributed by atoms with E-state index in [1.54, 1.807) is 32.4 Å². The van der Waals surface area contributed by atoms with E-state index >= 15 is 0 Å². The molecule has 0 aliphatic rings. The number of hydrogen-bond donors (Lipinski definition) is 2. The number of pyridine rings is 1. The summed E-state index contributed by atoms with van der Waals surface area (Å²) in [5.74, 6) is 1.00. The molecular formula is C27H31ClN8O2. The smallest absolute Gasteiger partial charge is 0.156 e. The van der Waals surface area contributed by atoms with E-state index in [1.165, 1.54) is 0 Å². The molecule has 0 bridgehead atoms. The molecule has 0 amide bonds. The van der Waals surface area contributed by atoms with E-state index in [0.717, 1.165) is 18.5 Å². The Hall–Kier alpha value is -3.91. The number of ether oxygens (including phenoxy) is 2. The van der Waals surface area contributed by atoms with Gasteiger partial charge in [-0.15, -0.1) is 10.2 Å². The molecule has 3 aromatic rings. The van der Waals surface area contributed by atoms with Gasteiger partial charge in [0, 0.05) is 46.1 Å². The molecule has 0 radical (unpaired) electrons. The van der Waals surface area contributed by atoms with Crippen molar-refractivity contribution in [1.82, 2.24) is 4.98 Å². The van der Waals surface area contributed by atoms with Crippen LogP contribution >= 0.6 is 11.6 Å². The Bertz CT molecular complexity index is 1290. The number of azo groups is 2. The van der Waals surface area contributed by atoms with Crippen LogP contribution in [0.3, 0.4) is 0 Å². The Morgan fingerprint density at radius 1 is 0.868 bits per heavy atom. The first-order valence-electron chi connectivity index (χ1n) is 12.2. The first-order valence-corrected chi connectivity index (χ1v) is 12.5. The fraction of sp³-hybridized carbons (Fsp3) is 0.333. The highest BCUT2D eigenvalue weighted by molar-refractivity contribution is 6.33. The number of halogens is 1. The lowest BCUT2D eigenvalue weighted by Gasteiger charge is -2.15. The van der Waals surface area contributed by atoms with Gasteiger partial charge in [-0.05, 0) is 50.1 Å². The molecule has 0 aliphatic heterocycles. The molecule has 0 saturated carbocycles. The van der Waals surface area contributed by atoms with Crippen LogP contribution in [0.25, 0.3) is 0 Å². The van der Waals surface area contributed by atoms with Crippen LogP contribution in [0.2, 0.25) is 5.02 Å². The van der Waals surface area contributed by atoms with Crippen molar-refractivity contribution in [3.05, 3.63) is 64.7 Å². The van der Waals surface area contributed by atoms with Crippen molar-refractivity contribution < 1.29 is 9.47 Å². The third kappa shape index (κ3) is 8.31. The molecule has 2 aromatic carbocycles. The van der Waals surface area contributed by atoms with Crippen LogP contribution in [0.5, 0.6) is 0 Å². The molecule has 1 heterocycles. The van der Waals surface area contributed by atoms with Crippen molar-refractivity contribution in [2.24, 2.45) is 20.5 Å². The van der Waals surface area contributed by atoms with Gasteiger partial charge in [0.1, 0.15) is 23.3 Å². The monoisotopic (exact) mass is 534 g/mol. The Morgan fingerprint density at radius 3 is 2.16 bits per heavy atom. The van der Waals surface area contributed by atoms with Crippen molar-refractivity contribution in [2.75, 3.05) is 51.2 Å². The maximum Gasteiger partial charge on any atom is 0.156 e. The fourth-order valence-corrected chi connectivity index (χ4v) is 3.62. The summed E-state index contributed by atoms with van der Waals surface area (Å²) in [7, 11) is 3.31. The molecule has 0 aliphatic carbocycles. The summed E-state index contributed by atoms with van der Waals surface area (Å²) in [6.45, 7) is 4.26. The van der Waals surface area contributed by atoms with Crippen molar-refractivity contribution >= 4 is 46.0 Å². The predicted molar refractivity (Wildman–Crippen MR) is 150 cm³/mol. The minimum atomic E-state index is 0.371. The zero-order valence-electron chi connectivity index (χ0n) is 21.7. The van der Waals surface area contributed by atoms with Gasteiger partial charge >= 0.3 is 0 Å². The van der Waals surface area contributed by atoms with E-state index in [9.17, 15) is 5.26 Å². The Morgan fingerprint density at radius 2 is 1.53 bits per heavy atom. The van der Waals surface area contributed by atoms with E-state index in [2.05, 4.69) is 42.1 Å². The molecule has 1 aromatic heterocycles. The number of aromatic nitrogens is 1. The molecule has 38 heavy (non-hydrogen) atoms. The van der Waals surface area contributed by atoms with Crippen molar-refractivity contribution in [1.29, 1.82) is 5.26 Å². The van der Waals surface area contributed by atoms with Gasteiger partial charge in [-0.3, -0.25) is 0 Å². The lowest BCUT2D eigenvalue weighted by atomic mass is 10.1. The average molecular weight is 535 g/mol. The summed E-state index contributed by atoms with van der Waals surface area (Å²) >= 11 is 6.47. The lowest BCUT2D eigenvalue weighted by Crippen LogP contribution is -2.12. The topological polar surface area (TPSA) is 129 Å². The maximum absolute atomic E-state index is 9.85. The van der Waals surface area contributed by atoms with Crippen LogP contribution in [0.4, 0.5) is 34.4 Å². The van der Waals surface area contributed by atoms with Gasteiger partial charge in [0.2, 0.25) is 0 Å². The van der Waals surface area contributed by atoms with Crippen LogP contribution in [0.1, 0.15) is 24.0 Å². The van der Waals surface area contributed by atoms with Gasteiger partial charge in [0.05, 0.1) is 22.0 Å². The third-order valence-electron chi connectivity index (χ3n) is 5.39. The van der Waals surface area contributed by atoms with Crippen molar-refractivity contribution in [3.63, 3.8) is 0 Å². The summed E-state index contributed by atoms with van der Waals surface area (Å²) in [5.41, 5.74) is 3.30. The summed E-state index contributed by atoms with van der Waals surface area (Å²) in [6.07, 6.45) is 1.55. The number of nitriles is 1. The fourth-order valence-electron chi connectivity index (χ4n) is 3.40. The predicted octanol–water partition coefficient (Wildman–Crippen LogP) is 7.64. The average Bonchev–Trinajstić information content (AvgIpc) is 2.93. The largest absolute Gasteiger partial charge is 0.385 e. The first kappa shape index (κ1) is 28.7. The van der Waals surface area contributed by atoms with Crippen LogP contribution in [-0.4, -0.2) is 45.5 Å². The number of benzene rings is 2. The molecule has 10 nitrogen and oxygen atoms in total. The van der Waals surface area contributed by atoms with Crippen molar-refractivity contribution in [2.45, 2.75) is 19.8 Å². The first-order chi connectivity index (χ1) is 18.6. The number of nitrogens with one attached hydrogen (secondary N) is 2. The van der Waals surface area contributed by atoms with Crippen LogP contribution in [-0.2, 0) is 9.47 Å². The minimum Gasteiger partial charge on any atom is -0.385 e. The van der Waals surface area contributed by atoms with Crippen LogP contribution in [0, 0.1) is 18.3 Å². The molecule has 198 valence electrons. The van der Waals surface area contributed by atoms with Gasteiger partial charge in [0.25, 0.3) is 0 Å². The van der Waals surface area contributed by atoms with Gasteiger partial charge in [-0.25, -0.2) is 4.98 Å². The second-order valence-electron chi connectivity index (χ2n) is 8.19. The summed E-state index contributed by atoms with van der Waals surface area (Å²) in [6, 6.07) is 16.8. The lowest BCUT2D eigenvalue weighted by molar-refractivity contribution is 0.197. The van der Waals surface area contributed by atoms with Crippen LogP contribution in [0.15, 0.2) is 69.0 Å². The molecule has 11 heteroatoms. The molecule has 3 rings (SSSR count). The van der Waals surface area contributed by atoms with Crippen LogP contribution < -0.4 is 10.6 Å². The van der Waals surface area contributed by atoms with Gasteiger partial charge in [0.15, 0.2) is 5.82 Å². The van der Waals surface area contributed by atoms with Gasteiger partial charge < -0.3 is 20.1 Å². The zero-order chi connectivity index (χ0) is 27.2. The highest BCUT2D eigenvalue weighted by Gasteiger charge is 2.17. The van der Waals surface area contributed by atoms with Gasteiger partial charge in [-0.1, -0.05) is 29.8 Å². The Balaban J connectivity index is 1.87. The highest BCUT2D eigenvalue weighted by Crippen LogP contribution is 2.36. The van der Waals surface area contributed by atoms with Crippen molar-refractivity contribution in [3.8, 4) is 6.07 Å². The number of methoxy groups -OCH3 is 2.